The summed E-state index contributed by atoms with van der Waals surface area (Å²) in [7, 11) is 0. The summed E-state index contributed by atoms with van der Waals surface area (Å²) in [4.78, 5) is 4.99. The van der Waals surface area contributed by atoms with Gasteiger partial charge in [-0.25, -0.2) is 4.99 Å². The average Bonchev–Trinajstić information content (AvgIpc) is 2.86. The van der Waals surface area contributed by atoms with Crippen LogP contribution in [0.4, 0.5) is 5.69 Å². The minimum atomic E-state index is 0.654. The van der Waals surface area contributed by atoms with E-state index in [1.54, 1.807) is 0 Å². The molecule has 0 saturated heterocycles. The smallest absolute Gasteiger partial charge is 0.0789 e. The Balaban J connectivity index is 1.94. The van der Waals surface area contributed by atoms with Crippen LogP contribution in [0.25, 0.3) is 10.8 Å². The van der Waals surface area contributed by atoms with Crippen LogP contribution in [0.3, 0.4) is 0 Å². The summed E-state index contributed by atoms with van der Waals surface area (Å²) in [6.45, 7) is 8.87. The van der Waals surface area contributed by atoms with E-state index in [4.69, 9.17) is 4.99 Å². The first-order valence-electron chi connectivity index (χ1n) is 8.74. The summed E-state index contributed by atoms with van der Waals surface area (Å²) in [5.41, 5.74) is 8.74. The van der Waals surface area contributed by atoms with Crippen LogP contribution in [-0.4, -0.2) is 5.71 Å². The topological polar surface area (TPSA) is 12.4 Å². The van der Waals surface area contributed by atoms with Crippen LogP contribution < -0.4 is 0 Å². The number of benzene rings is 3. The van der Waals surface area contributed by atoms with Crippen LogP contribution >= 0.6 is 0 Å². The second-order valence-corrected chi connectivity index (χ2v) is 7.45. The molecule has 24 heavy (non-hydrogen) atoms. The average molecular weight is 313 g/mol. The van der Waals surface area contributed by atoms with Crippen LogP contribution in [-0.2, 0) is 6.42 Å². The molecule has 3 aromatic rings. The van der Waals surface area contributed by atoms with Gasteiger partial charge in [-0.2, -0.15) is 0 Å². The molecule has 0 N–H and O–H groups in total. The number of rotatable bonds is 3. The maximum atomic E-state index is 4.99. The fourth-order valence-electron chi connectivity index (χ4n) is 3.85. The van der Waals surface area contributed by atoms with Crippen molar-refractivity contribution >= 4 is 22.2 Å². The van der Waals surface area contributed by atoms with E-state index < -0.39 is 0 Å². The summed E-state index contributed by atoms with van der Waals surface area (Å²) in [5, 5.41) is 2.61. The third-order valence-corrected chi connectivity index (χ3v) is 4.64. The molecule has 0 aliphatic carbocycles. The van der Waals surface area contributed by atoms with Gasteiger partial charge < -0.3 is 0 Å². The quantitative estimate of drug-likeness (QED) is 0.431. The molecule has 1 heterocycles. The Morgan fingerprint density at radius 3 is 2.38 bits per heavy atom. The number of hydrogen-bond donors (Lipinski definition) is 0. The van der Waals surface area contributed by atoms with Crippen molar-refractivity contribution in [3.05, 3.63) is 76.3 Å². The normalized spacial score (nSPS) is 13.0. The van der Waals surface area contributed by atoms with Gasteiger partial charge in [-0.15, -0.1) is 0 Å². The number of aryl methyl sites for hydroxylation is 2. The van der Waals surface area contributed by atoms with Gasteiger partial charge in [0.1, 0.15) is 0 Å². The fourth-order valence-corrected chi connectivity index (χ4v) is 3.85. The number of hydrogen-bond acceptors (Lipinski definition) is 1. The molecule has 0 unspecified atom stereocenters. The molecule has 1 aliphatic rings. The molecule has 0 saturated carbocycles. The van der Waals surface area contributed by atoms with Crippen LogP contribution in [0.5, 0.6) is 0 Å². The predicted molar refractivity (Wildman–Crippen MR) is 104 cm³/mol. The molecule has 0 spiro atoms. The number of aliphatic imine (C=N–C) groups is 1. The van der Waals surface area contributed by atoms with Gasteiger partial charge in [-0.05, 0) is 61.4 Å². The zero-order valence-electron chi connectivity index (χ0n) is 14.9. The fraction of sp³-hybridized carbons (Fsp3) is 0.261. The zero-order valence-corrected chi connectivity index (χ0v) is 14.9. The largest absolute Gasteiger partial charge is 0.247 e. The van der Waals surface area contributed by atoms with E-state index >= 15 is 0 Å². The van der Waals surface area contributed by atoms with Gasteiger partial charge in [0.2, 0.25) is 0 Å². The van der Waals surface area contributed by atoms with Crippen LogP contribution in [0.15, 0.2) is 53.5 Å². The molecule has 0 radical (unpaired) electrons. The predicted octanol–water partition coefficient (Wildman–Crippen LogP) is 6.14. The van der Waals surface area contributed by atoms with E-state index in [9.17, 15) is 0 Å². The Hall–Kier alpha value is -2.41. The van der Waals surface area contributed by atoms with Gasteiger partial charge in [0.05, 0.1) is 11.4 Å². The first-order chi connectivity index (χ1) is 11.5. The summed E-state index contributed by atoms with van der Waals surface area (Å²) < 4.78 is 0. The highest BCUT2D eigenvalue weighted by atomic mass is 14.8. The lowest BCUT2D eigenvalue weighted by molar-refractivity contribution is 0.648. The highest BCUT2D eigenvalue weighted by Crippen LogP contribution is 2.38. The summed E-state index contributed by atoms with van der Waals surface area (Å²) in [6, 6.07) is 17.9. The van der Waals surface area contributed by atoms with Gasteiger partial charge in [0, 0.05) is 16.5 Å². The molecular formula is C23H23N. The zero-order chi connectivity index (χ0) is 16.8. The van der Waals surface area contributed by atoms with Crippen LogP contribution in [0.2, 0.25) is 0 Å². The van der Waals surface area contributed by atoms with Gasteiger partial charge in [0.15, 0.2) is 0 Å². The lowest BCUT2D eigenvalue weighted by Crippen LogP contribution is -2.03. The van der Waals surface area contributed by atoms with E-state index in [0.717, 1.165) is 17.8 Å². The summed E-state index contributed by atoms with van der Waals surface area (Å²) in [5.74, 6) is 0.654. The van der Waals surface area contributed by atoms with Gasteiger partial charge in [-0.1, -0.05) is 49.2 Å². The van der Waals surface area contributed by atoms with E-state index in [0.29, 0.717) is 5.92 Å². The van der Waals surface area contributed by atoms with Crippen LogP contribution in [0.1, 0.15) is 41.7 Å². The van der Waals surface area contributed by atoms with Crippen molar-refractivity contribution in [2.45, 2.75) is 34.1 Å². The highest BCUT2D eigenvalue weighted by Gasteiger charge is 2.21. The molecular weight excluding hydrogens is 290 g/mol. The minimum absolute atomic E-state index is 0.654. The molecule has 1 nitrogen and oxygen atoms in total. The minimum Gasteiger partial charge on any atom is -0.247 e. The van der Waals surface area contributed by atoms with Crippen molar-refractivity contribution in [3.63, 3.8) is 0 Å². The molecule has 0 atom stereocenters. The molecule has 0 amide bonds. The first kappa shape index (κ1) is 15.1. The molecule has 120 valence electrons. The lowest BCUT2D eigenvalue weighted by atomic mass is 9.92. The van der Waals surface area contributed by atoms with Gasteiger partial charge in [-0.3, -0.25) is 0 Å². The maximum Gasteiger partial charge on any atom is 0.0789 e. The Morgan fingerprint density at radius 1 is 0.917 bits per heavy atom. The van der Waals surface area contributed by atoms with E-state index in [1.807, 2.05) is 0 Å². The molecule has 3 aromatic carbocycles. The molecule has 1 heteroatoms. The molecule has 4 rings (SSSR count). The van der Waals surface area contributed by atoms with Crippen molar-refractivity contribution in [2.75, 3.05) is 0 Å². The SMILES string of the molecule is Cc1cc(C)cc(C2=Nc3cccc4cc(CC(C)C)cc2c34)c1. The lowest BCUT2D eigenvalue weighted by Gasteiger charge is -2.11. The van der Waals surface area contributed by atoms with Crippen molar-refractivity contribution in [3.8, 4) is 0 Å². The van der Waals surface area contributed by atoms with Crippen LogP contribution in [0, 0.1) is 19.8 Å². The molecule has 0 bridgehead atoms. The maximum absolute atomic E-state index is 4.99. The third-order valence-electron chi connectivity index (χ3n) is 4.64. The van der Waals surface area contributed by atoms with E-state index in [-0.39, 0.29) is 0 Å². The Kier molecular flexibility index (Phi) is 3.53. The molecule has 0 fully saturated rings. The number of nitrogens with zero attached hydrogens (tertiary/aromatic N) is 1. The van der Waals surface area contributed by atoms with Gasteiger partial charge >= 0.3 is 0 Å². The van der Waals surface area contributed by atoms with E-state index in [2.05, 4.69) is 76.2 Å². The highest BCUT2D eigenvalue weighted by molar-refractivity contribution is 6.26. The second kappa shape index (κ2) is 5.59. The van der Waals surface area contributed by atoms with Crippen molar-refractivity contribution < 1.29 is 0 Å². The van der Waals surface area contributed by atoms with E-state index in [1.165, 1.54) is 38.6 Å². The molecule has 1 aliphatic heterocycles. The summed E-state index contributed by atoms with van der Waals surface area (Å²) >= 11 is 0. The Bertz CT molecular complexity index is 956. The van der Waals surface area contributed by atoms with Gasteiger partial charge in [0.25, 0.3) is 0 Å². The Labute approximate surface area is 144 Å². The summed E-state index contributed by atoms with van der Waals surface area (Å²) in [6.07, 6.45) is 1.10. The third kappa shape index (κ3) is 2.54. The Morgan fingerprint density at radius 2 is 1.67 bits per heavy atom. The van der Waals surface area contributed by atoms with Crippen molar-refractivity contribution in [1.82, 2.24) is 0 Å². The second-order valence-electron chi connectivity index (χ2n) is 7.45. The molecule has 0 aromatic heterocycles. The standard InChI is InChI=1S/C23H23N/c1-14(2)8-17-12-18-6-5-7-21-22(18)20(13-17)23(24-21)19-10-15(3)9-16(4)11-19/h5-7,9-14H,8H2,1-4H3. The van der Waals surface area contributed by atoms with Crippen molar-refractivity contribution in [2.24, 2.45) is 10.9 Å². The van der Waals surface area contributed by atoms with Crippen molar-refractivity contribution in [1.29, 1.82) is 0 Å². The monoisotopic (exact) mass is 313 g/mol. The first-order valence-corrected chi connectivity index (χ1v) is 8.74.